The molecule has 2 atom stereocenters. The van der Waals surface area contributed by atoms with Crippen molar-refractivity contribution in [3.8, 4) is 0 Å². The molecule has 0 spiro atoms. The second-order valence-corrected chi connectivity index (χ2v) is 4.87. The second kappa shape index (κ2) is 4.62. The maximum Gasteiger partial charge on any atom is 0.0618 e. The molecule has 0 aliphatic carbocycles. The predicted molar refractivity (Wildman–Crippen MR) is 55.1 cm³/mol. The van der Waals surface area contributed by atoms with Crippen LogP contribution in [0.1, 0.15) is 19.8 Å². The molecule has 1 rings (SSSR count). The summed E-state index contributed by atoms with van der Waals surface area (Å²) in [6, 6.07) is 0.673. The van der Waals surface area contributed by atoms with Crippen LogP contribution in [0.4, 0.5) is 0 Å². The normalized spacial score (nSPS) is 29.2. The SMILES string of the molecule is COC[C@@H]1CCCN1C(C)I. The van der Waals surface area contributed by atoms with Crippen molar-refractivity contribution in [2.75, 3.05) is 20.3 Å². The number of alkyl halides is 1. The minimum Gasteiger partial charge on any atom is -0.383 e. The fraction of sp³-hybridized carbons (Fsp3) is 1.00. The molecule has 0 saturated carbocycles. The number of nitrogens with zero attached hydrogens (tertiary/aromatic N) is 1. The molecule has 66 valence electrons. The van der Waals surface area contributed by atoms with Crippen LogP contribution in [0.2, 0.25) is 0 Å². The Kier molecular flexibility index (Phi) is 4.09. The van der Waals surface area contributed by atoms with Gasteiger partial charge in [-0.3, -0.25) is 4.90 Å². The first-order valence-electron chi connectivity index (χ1n) is 4.14. The van der Waals surface area contributed by atoms with Crippen LogP contribution < -0.4 is 0 Å². The number of methoxy groups -OCH3 is 1. The van der Waals surface area contributed by atoms with Crippen LogP contribution in [0.3, 0.4) is 0 Å². The highest BCUT2D eigenvalue weighted by Gasteiger charge is 2.26. The minimum absolute atomic E-state index is 0.648. The van der Waals surface area contributed by atoms with E-state index in [0.717, 1.165) is 6.61 Å². The van der Waals surface area contributed by atoms with Gasteiger partial charge < -0.3 is 4.74 Å². The van der Waals surface area contributed by atoms with E-state index in [0.29, 0.717) is 10.1 Å². The monoisotopic (exact) mass is 269 g/mol. The molecule has 2 nitrogen and oxygen atoms in total. The van der Waals surface area contributed by atoms with E-state index in [1.807, 2.05) is 0 Å². The summed E-state index contributed by atoms with van der Waals surface area (Å²) < 4.78 is 5.81. The van der Waals surface area contributed by atoms with Gasteiger partial charge in [0.1, 0.15) is 0 Å². The molecule has 1 aliphatic rings. The van der Waals surface area contributed by atoms with Gasteiger partial charge in [-0.15, -0.1) is 0 Å². The number of hydrogen-bond donors (Lipinski definition) is 0. The van der Waals surface area contributed by atoms with Crippen molar-refractivity contribution in [3.63, 3.8) is 0 Å². The molecule has 1 saturated heterocycles. The van der Waals surface area contributed by atoms with Crippen molar-refractivity contribution in [1.29, 1.82) is 0 Å². The van der Waals surface area contributed by atoms with Crippen LogP contribution in [0.15, 0.2) is 0 Å². The van der Waals surface area contributed by atoms with Gasteiger partial charge >= 0.3 is 0 Å². The zero-order valence-corrected chi connectivity index (χ0v) is 9.37. The Morgan fingerprint density at radius 1 is 1.73 bits per heavy atom. The number of hydrogen-bond acceptors (Lipinski definition) is 2. The van der Waals surface area contributed by atoms with Crippen molar-refractivity contribution in [3.05, 3.63) is 0 Å². The first-order valence-corrected chi connectivity index (χ1v) is 5.39. The van der Waals surface area contributed by atoms with E-state index in [-0.39, 0.29) is 0 Å². The van der Waals surface area contributed by atoms with Gasteiger partial charge in [0.2, 0.25) is 0 Å². The zero-order valence-electron chi connectivity index (χ0n) is 7.22. The summed E-state index contributed by atoms with van der Waals surface area (Å²) in [6.45, 7) is 4.39. The summed E-state index contributed by atoms with van der Waals surface area (Å²) in [4.78, 5) is 2.52. The van der Waals surface area contributed by atoms with Crippen molar-refractivity contribution in [1.82, 2.24) is 4.90 Å². The van der Waals surface area contributed by atoms with Crippen LogP contribution in [0, 0.1) is 0 Å². The van der Waals surface area contributed by atoms with Gasteiger partial charge in [-0.1, -0.05) is 22.6 Å². The third-order valence-electron chi connectivity index (χ3n) is 2.24. The third kappa shape index (κ3) is 2.56. The first kappa shape index (κ1) is 9.74. The smallest absolute Gasteiger partial charge is 0.0618 e. The van der Waals surface area contributed by atoms with Crippen LogP contribution in [-0.4, -0.2) is 35.3 Å². The van der Waals surface area contributed by atoms with E-state index >= 15 is 0 Å². The average molecular weight is 269 g/mol. The molecule has 0 N–H and O–H groups in total. The summed E-state index contributed by atoms with van der Waals surface area (Å²) in [5.74, 6) is 0. The largest absolute Gasteiger partial charge is 0.383 e. The van der Waals surface area contributed by atoms with Crippen LogP contribution in [0.5, 0.6) is 0 Å². The van der Waals surface area contributed by atoms with E-state index in [1.54, 1.807) is 7.11 Å². The maximum absolute atomic E-state index is 5.16. The molecule has 0 radical (unpaired) electrons. The maximum atomic E-state index is 5.16. The number of rotatable bonds is 3. The molecule has 0 aromatic heterocycles. The van der Waals surface area contributed by atoms with Crippen molar-refractivity contribution in [2.45, 2.75) is 29.9 Å². The Hall–Kier alpha value is 0.650. The van der Waals surface area contributed by atoms with Crippen molar-refractivity contribution in [2.24, 2.45) is 0 Å². The predicted octanol–water partition coefficient (Wildman–Crippen LogP) is 1.88. The lowest BCUT2D eigenvalue weighted by Gasteiger charge is -2.26. The Labute approximate surface area is 82.4 Å². The molecular weight excluding hydrogens is 253 g/mol. The molecule has 1 aliphatic heterocycles. The molecule has 0 aromatic rings. The third-order valence-corrected chi connectivity index (χ3v) is 2.95. The highest BCUT2D eigenvalue weighted by molar-refractivity contribution is 14.1. The summed E-state index contributed by atoms with van der Waals surface area (Å²) in [7, 11) is 1.79. The van der Waals surface area contributed by atoms with Gasteiger partial charge in [-0.2, -0.15) is 0 Å². The van der Waals surface area contributed by atoms with Crippen molar-refractivity contribution >= 4 is 22.6 Å². The Bertz CT molecular complexity index is 119. The highest BCUT2D eigenvalue weighted by Crippen LogP contribution is 2.22. The molecule has 0 aromatic carbocycles. The highest BCUT2D eigenvalue weighted by atomic mass is 127. The lowest BCUT2D eigenvalue weighted by atomic mass is 10.2. The minimum atomic E-state index is 0.648. The van der Waals surface area contributed by atoms with E-state index in [9.17, 15) is 0 Å². The van der Waals surface area contributed by atoms with Gasteiger partial charge in [0.25, 0.3) is 0 Å². The Balaban J connectivity index is 2.37. The van der Waals surface area contributed by atoms with Gasteiger partial charge in [-0.05, 0) is 26.3 Å². The first-order chi connectivity index (χ1) is 5.25. The summed E-state index contributed by atoms with van der Waals surface area (Å²) in [5.41, 5.74) is 0. The standard InChI is InChI=1S/C8H16INO/c1-7(9)10-5-3-4-8(10)6-11-2/h7-8H,3-6H2,1-2H3/t7?,8-/m0/s1. The number of ether oxygens (including phenoxy) is 1. The molecule has 1 heterocycles. The Morgan fingerprint density at radius 2 is 2.45 bits per heavy atom. The van der Waals surface area contributed by atoms with E-state index < -0.39 is 0 Å². The van der Waals surface area contributed by atoms with Crippen LogP contribution >= 0.6 is 22.6 Å². The van der Waals surface area contributed by atoms with E-state index in [1.165, 1.54) is 19.4 Å². The topological polar surface area (TPSA) is 12.5 Å². The molecule has 1 unspecified atom stereocenters. The summed E-state index contributed by atoms with van der Waals surface area (Å²) in [5, 5.41) is 0. The fourth-order valence-corrected chi connectivity index (χ4v) is 2.43. The van der Waals surface area contributed by atoms with Gasteiger partial charge in [0, 0.05) is 13.2 Å². The van der Waals surface area contributed by atoms with Crippen molar-refractivity contribution < 1.29 is 4.74 Å². The Morgan fingerprint density at radius 3 is 3.00 bits per heavy atom. The molecule has 3 heteroatoms. The van der Waals surface area contributed by atoms with Gasteiger partial charge in [-0.25, -0.2) is 0 Å². The van der Waals surface area contributed by atoms with Crippen LogP contribution in [0.25, 0.3) is 0 Å². The molecule has 0 bridgehead atoms. The summed E-state index contributed by atoms with van der Waals surface area (Å²) >= 11 is 2.47. The zero-order chi connectivity index (χ0) is 8.27. The molecular formula is C8H16INO. The van der Waals surface area contributed by atoms with Crippen LogP contribution in [-0.2, 0) is 4.74 Å². The van der Waals surface area contributed by atoms with E-state index in [2.05, 4.69) is 34.4 Å². The number of halogens is 1. The lowest BCUT2D eigenvalue weighted by molar-refractivity contribution is 0.115. The average Bonchev–Trinajstić information content (AvgIpc) is 2.36. The quantitative estimate of drug-likeness (QED) is 0.440. The molecule has 11 heavy (non-hydrogen) atoms. The lowest BCUT2D eigenvalue weighted by Crippen LogP contribution is -2.36. The molecule has 1 fully saturated rings. The molecule has 0 amide bonds. The summed E-state index contributed by atoms with van der Waals surface area (Å²) in [6.07, 6.45) is 2.64. The van der Waals surface area contributed by atoms with Gasteiger partial charge in [0.15, 0.2) is 0 Å². The van der Waals surface area contributed by atoms with E-state index in [4.69, 9.17) is 4.74 Å². The number of likely N-dealkylation sites (tertiary alicyclic amines) is 1. The second-order valence-electron chi connectivity index (χ2n) is 3.06. The fourth-order valence-electron chi connectivity index (χ4n) is 1.70. The van der Waals surface area contributed by atoms with Gasteiger partial charge in [0.05, 0.1) is 10.7 Å².